The van der Waals surface area contributed by atoms with Crippen molar-refractivity contribution in [3.8, 4) is 0 Å². The summed E-state index contributed by atoms with van der Waals surface area (Å²) in [6.07, 6.45) is 3.68. The van der Waals surface area contributed by atoms with Crippen LogP contribution < -0.4 is 10.6 Å². The highest BCUT2D eigenvalue weighted by atomic mass is 16.2. The molecule has 0 saturated heterocycles. The Kier molecular flexibility index (Phi) is 3.78. The molecule has 3 rings (SSSR count). The first-order valence-corrected chi connectivity index (χ1v) is 7.16. The van der Waals surface area contributed by atoms with Gasteiger partial charge in [0.25, 0.3) is 0 Å². The van der Waals surface area contributed by atoms with Crippen LogP contribution in [0.1, 0.15) is 16.8 Å². The van der Waals surface area contributed by atoms with Gasteiger partial charge < -0.3 is 15.6 Å². The van der Waals surface area contributed by atoms with E-state index in [1.807, 2.05) is 50.4 Å². The number of rotatable bonds is 3. The van der Waals surface area contributed by atoms with Gasteiger partial charge in [-0.3, -0.25) is 4.98 Å². The molecule has 112 valence electrons. The summed E-state index contributed by atoms with van der Waals surface area (Å²) in [6.45, 7) is 4.29. The Morgan fingerprint density at radius 1 is 1.27 bits per heavy atom. The molecule has 0 fully saturated rings. The highest BCUT2D eigenvalue weighted by molar-refractivity contribution is 5.90. The monoisotopic (exact) mass is 294 g/mol. The van der Waals surface area contributed by atoms with Crippen LogP contribution in [-0.4, -0.2) is 16.0 Å². The zero-order valence-electron chi connectivity index (χ0n) is 12.6. The number of carbonyl (C=O) groups excluding carboxylic acids is 1. The number of hydrogen-bond acceptors (Lipinski definition) is 2. The fourth-order valence-electron chi connectivity index (χ4n) is 2.41. The smallest absolute Gasteiger partial charge is 0.319 e. The van der Waals surface area contributed by atoms with Gasteiger partial charge in [0, 0.05) is 29.8 Å². The van der Waals surface area contributed by atoms with Crippen molar-refractivity contribution < 1.29 is 4.79 Å². The minimum atomic E-state index is -0.233. The molecule has 2 heterocycles. The Hall–Kier alpha value is -2.82. The second-order valence-corrected chi connectivity index (χ2v) is 5.31. The van der Waals surface area contributed by atoms with Crippen LogP contribution in [0.25, 0.3) is 10.9 Å². The topological polar surface area (TPSA) is 69.8 Å². The first-order valence-electron chi connectivity index (χ1n) is 7.16. The van der Waals surface area contributed by atoms with Crippen molar-refractivity contribution >= 4 is 22.6 Å². The van der Waals surface area contributed by atoms with Crippen LogP contribution in [0.4, 0.5) is 10.5 Å². The highest BCUT2D eigenvalue weighted by Crippen LogP contribution is 2.17. The van der Waals surface area contributed by atoms with E-state index >= 15 is 0 Å². The molecule has 0 aliphatic heterocycles. The Bertz CT molecular complexity index is 822. The summed E-state index contributed by atoms with van der Waals surface area (Å²) in [6, 6.07) is 9.69. The zero-order chi connectivity index (χ0) is 15.5. The maximum atomic E-state index is 12.1. The highest BCUT2D eigenvalue weighted by Gasteiger charge is 2.07. The maximum Gasteiger partial charge on any atom is 0.319 e. The van der Waals surface area contributed by atoms with Crippen LogP contribution in [0.3, 0.4) is 0 Å². The van der Waals surface area contributed by atoms with Crippen molar-refractivity contribution in [3.05, 3.63) is 59.5 Å². The molecule has 1 aromatic carbocycles. The average molecular weight is 294 g/mol. The van der Waals surface area contributed by atoms with Crippen LogP contribution in [-0.2, 0) is 6.54 Å². The second-order valence-electron chi connectivity index (χ2n) is 5.31. The Balaban J connectivity index is 1.67. The number of urea groups is 1. The fraction of sp³-hybridized carbons (Fsp3) is 0.176. The minimum Gasteiger partial charge on any atom is -0.361 e. The first-order chi connectivity index (χ1) is 10.6. The molecular weight excluding hydrogens is 276 g/mol. The van der Waals surface area contributed by atoms with E-state index in [1.165, 1.54) is 0 Å². The third-order valence-corrected chi connectivity index (χ3v) is 3.60. The number of fused-ring (bicyclic) bond motifs is 1. The van der Waals surface area contributed by atoms with Crippen molar-refractivity contribution in [2.24, 2.45) is 0 Å². The number of aromatic nitrogens is 2. The SMILES string of the molecule is Cc1cnc(C)c(NC(=O)NCc2cccc3[nH]ccc23)c1. The third kappa shape index (κ3) is 2.93. The lowest BCUT2D eigenvalue weighted by molar-refractivity contribution is 0.252. The Morgan fingerprint density at radius 2 is 2.14 bits per heavy atom. The maximum absolute atomic E-state index is 12.1. The molecular formula is C17H18N4O. The van der Waals surface area contributed by atoms with Crippen molar-refractivity contribution in [2.45, 2.75) is 20.4 Å². The Labute approximate surface area is 128 Å². The molecule has 5 heteroatoms. The van der Waals surface area contributed by atoms with Crippen molar-refractivity contribution in [1.82, 2.24) is 15.3 Å². The molecule has 0 aliphatic carbocycles. The van der Waals surface area contributed by atoms with Crippen LogP contribution in [0, 0.1) is 13.8 Å². The van der Waals surface area contributed by atoms with E-state index in [0.717, 1.165) is 33.4 Å². The van der Waals surface area contributed by atoms with Crippen LogP contribution >= 0.6 is 0 Å². The summed E-state index contributed by atoms with van der Waals surface area (Å²) in [5.74, 6) is 0. The van der Waals surface area contributed by atoms with E-state index in [4.69, 9.17) is 0 Å². The molecule has 0 bridgehead atoms. The molecule has 0 spiro atoms. The third-order valence-electron chi connectivity index (χ3n) is 3.60. The predicted molar refractivity (Wildman–Crippen MR) is 87.9 cm³/mol. The summed E-state index contributed by atoms with van der Waals surface area (Å²) in [5, 5.41) is 6.85. The molecule has 0 radical (unpaired) electrons. The second kappa shape index (κ2) is 5.89. The number of nitrogens with zero attached hydrogens (tertiary/aromatic N) is 1. The lowest BCUT2D eigenvalue weighted by Gasteiger charge is -2.10. The quantitative estimate of drug-likeness (QED) is 0.692. The lowest BCUT2D eigenvalue weighted by atomic mass is 10.1. The van der Waals surface area contributed by atoms with Gasteiger partial charge in [-0.2, -0.15) is 0 Å². The number of aryl methyl sites for hydroxylation is 2. The van der Waals surface area contributed by atoms with Crippen molar-refractivity contribution in [3.63, 3.8) is 0 Å². The summed E-state index contributed by atoms with van der Waals surface area (Å²) in [5.41, 5.74) is 4.69. The van der Waals surface area contributed by atoms with Gasteiger partial charge in [0.2, 0.25) is 0 Å². The van der Waals surface area contributed by atoms with Gasteiger partial charge in [-0.15, -0.1) is 0 Å². The van der Waals surface area contributed by atoms with Gasteiger partial charge in [-0.1, -0.05) is 12.1 Å². The summed E-state index contributed by atoms with van der Waals surface area (Å²) >= 11 is 0. The molecule has 0 atom stereocenters. The van der Waals surface area contributed by atoms with E-state index in [9.17, 15) is 4.79 Å². The number of hydrogen-bond donors (Lipinski definition) is 3. The van der Waals surface area contributed by atoms with Gasteiger partial charge in [-0.25, -0.2) is 4.79 Å². The summed E-state index contributed by atoms with van der Waals surface area (Å²) in [4.78, 5) is 19.5. The molecule has 3 N–H and O–H groups in total. The first kappa shape index (κ1) is 14.1. The molecule has 0 aliphatic rings. The molecule has 2 aromatic heterocycles. The van der Waals surface area contributed by atoms with Crippen molar-refractivity contribution in [1.29, 1.82) is 0 Å². The summed E-state index contributed by atoms with van der Waals surface area (Å²) in [7, 11) is 0. The van der Waals surface area contributed by atoms with Gasteiger partial charge in [0.05, 0.1) is 11.4 Å². The number of H-pyrrole nitrogens is 1. The minimum absolute atomic E-state index is 0.233. The van der Waals surface area contributed by atoms with Crippen molar-refractivity contribution in [2.75, 3.05) is 5.32 Å². The average Bonchev–Trinajstić information content (AvgIpc) is 2.98. The van der Waals surface area contributed by atoms with E-state index in [1.54, 1.807) is 6.20 Å². The zero-order valence-corrected chi connectivity index (χ0v) is 12.6. The molecule has 2 amide bonds. The molecule has 5 nitrogen and oxygen atoms in total. The van der Waals surface area contributed by atoms with E-state index in [2.05, 4.69) is 20.6 Å². The molecule has 22 heavy (non-hydrogen) atoms. The number of amides is 2. The van der Waals surface area contributed by atoms with E-state index in [-0.39, 0.29) is 6.03 Å². The van der Waals surface area contributed by atoms with Gasteiger partial charge in [0.1, 0.15) is 0 Å². The number of benzene rings is 1. The van der Waals surface area contributed by atoms with Gasteiger partial charge >= 0.3 is 6.03 Å². The lowest BCUT2D eigenvalue weighted by Crippen LogP contribution is -2.28. The standard InChI is InChI=1S/C17H18N4O/c1-11-8-16(12(2)19-9-11)21-17(22)20-10-13-4-3-5-15-14(13)6-7-18-15/h3-9,18H,10H2,1-2H3,(H2,20,21,22). The van der Waals surface area contributed by atoms with Crippen LogP contribution in [0.2, 0.25) is 0 Å². The largest absolute Gasteiger partial charge is 0.361 e. The predicted octanol–water partition coefficient (Wildman–Crippen LogP) is 3.50. The number of anilines is 1. The molecule has 3 aromatic rings. The van der Waals surface area contributed by atoms with Gasteiger partial charge in [-0.05, 0) is 43.2 Å². The number of carbonyl (C=O) groups is 1. The Morgan fingerprint density at radius 3 is 3.00 bits per heavy atom. The van der Waals surface area contributed by atoms with Crippen LogP contribution in [0.5, 0.6) is 0 Å². The normalized spacial score (nSPS) is 10.6. The molecule has 0 unspecified atom stereocenters. The van der Waals surface area contributed by atoms with Crippen LogP contribution in [0.15, 0.2) is 42.7 Å². The molecule has 0 saturated carbocycles. The number of aromatic amines is 1. The fourth-order valence-corrected chi connectivity index (χ4v) is 2.41. The number of pyridine rings is 1. The number of nitrogens with one attached hydrogen (secondary N) is 3. The summed E-state index contributed by atoms with van der Waals surface area (Å²) < 4.78 is 0. The van der Waals surface area contributed by atoms with E-state index in [0.29, 0.717) is 6.54 Å². The van der Waals surface area contributed by atoms with Gasteiger partial charge in [0.15, 0.2) is 0 Å². The van der Waals surface area contributed by atoms with E-state index < -0.39 is 0 Å².